The minimum absolute atomic E-state index is 0.108. The molecule has 0 unspecified atom stereocenters. The summed E-state index contributed by atoms with van der Waals surface area (Å²) in [6, 6.07) is 19.6. The molecule has 1 aliphatic rings. The molecule has 1 saturated carbocycles. The molecule has 138 valence electrons. The molecule has 0 heterocycles. The Labute approximate surface area is 160 Å². The van der Waals surface area contributed by atoms with Crippen molar-refractivity contribution in [2.75, 3.05) is 0 Å². The maximum absolute atomic E-state index is 12.5. The van der Waals surface area contributed by atoms with Gasteiger partial charge in [0.25, 0.3) is 5.91 Å². The van der Waals surface area contributed by atoms with Crippen molar-refractivity contribution in [3.8, 4) is 11.8 Å². The molecule has 0 atom stereocenters. The fraction of sp³-hybridized carbons (Fsp3) is 0.304. The van der Waals surface area contributed by atoms with Gasteiger partial charge in [0, 0.05) is 11.6 Å². The molecule has 4 nitrogen and oxygen atoms in total. The van der Waals surface area contributed by atoms with Crippen molar-refractivity contribution in [3.05, 3.63) is 71.3 Å². The summed E-state index contributed by atoms with van der Waals surface area (Å²) in [5.74, 6) is 0.349. The van der Waals surface area contributed by atoms with Crippen molar-refractivity contribution in [1.29, 1.82) is 5.26 Å². The fourth-order valence-corrected chi connectivity index (χ4v) is 3.28. The Kier molecular flexibility index (Phi) is 6.65. The molecule has 0 spiro atoms. The van der Waals surface area contributed by atoms with Gasteiger partial charge in [-0.2, -0.15) is 5.26 Å². The third-order valence-electron chi connectivity index (χ3n) is 4.76. The second-order valence-electron chi connectivity index (χ2n) is 6.79. The fourth-order valence-electron chi connectivity index (χ4n) is 3.28. The number of carbonyl (C=O) groups excluding carboxylic acids is 1. The van der Waals surface area contributed by atoms with E-state index in [-0.39, 0.29) is 17.5 Å². The summed E-state index contributed by atoms with van der Waals surface area (Å²) in [5.41, 5.74) is 1.90. The molecule has 0 aromatic heterocycles. The first-order valence-corrected chi connectivity index (χ1v) is 9.44. The lowest BCUT2D eigenvalue weighted by atomic mass is 9.95. The number of amides is 1. The number of hydrogen-bond acceptors (Lipinski definition) is 3. The first-order valence-electron chi connectivity index (χ1n) is 9.44. The molecule has 1 N–H and O–H groups in total. The van der Waals surface area contributed by atoms with Gasteiger partial charge in [-0.3, -0.25) is 4.79 Å². The van der Waals surface area contributed by atoms with E-state index in [4.69, 9.17) is 4.74 Å². The molecule has 3 rings (SSSR count). The molecular weight excluding hydrogens is 336 g/mol. The van der Waals surface area contributed by atoms with Crippen LogP contribution in [0.25, 0.3) is 6.08 Å². The highest BCUT2D eigenvalue weighted by atomic mass is 16.5. The maximum atomic E-state index is 12.5. The highest BCUT2D eigenvalue weighted by molar-refractivity contribution is 6.02. The SMILES string of the molecule is N#CC(=Cc1ccccc1OCc1ccccc1)C(=O)NC1CCCCC1. The highest BCUT2D eigenvalue weighted by Gasteiger charge is 2.18. The van der Waals surface area contributed by atoms with E-state index in [1.165, 1.54) is 6.42 Å². The van der Waals surface area contributed by atoms with Crippen LogP contribution in [0, 0.1) is 11.3 Å². The average Bonchev–Trinajstić information content (AvgIpc) is 2.72. The number of benzene rings is 2. The Bertz CT molecular complexity index is 831. The number of nitriles is 1. The summed E-state index contributed by atoms with van der Waals surface area (Å²) in [4.78, 5) is 12.5. The molecule has 4 heteroatoms. The maximum Gasteiger partial charge on any atom is 0.262 e. The van der Waals surface area contributed by atoms with Gasteiger partial charge in [0.05, 0.1) is 0 Å². The quantitative estimate of drug-likeness (QED) is 0.604. The lowest BCUT2D eigenvalue weighted by molar-refractivity contribution is -0.117. The standard InChI is InChI=1S/C23H24N2O2/c24-16-20(23(26)25-21-12-5-2-6-13-21)15-19-11-7-8-14-22(19)27-17-18-9-3-1-4-10-18/h1,3-4,7-11,14-15,21H,2,5-6,12-13,17H2,(H,25,26). The van der Waals surface area contributed by atoms with Crippen LogP contribution in [0.1, 0.15) is 43.2 Å². The van der Waals surface area contributed by atoms with Crippen LogP contribution in [-0.2, 0) is 11.4 Å². The van der Waals surface area contributed by atoms with Crippen molar-refractivity contribution in [2.45, 2.75) is 44.8 Å². The molecule has 27 heavy (non-hydrogen) atoms. The van der Waals surface area contributed by atoms with E-state index in [1.807, 2.05) is 60.7 Å². The van der Waals surface area contributed by atoms with Crippen LogP contribution in [0.15, 0.2) is 60.2 Å². The molecule has 0 saturated heterocycles. The summed E-state index contributed by atoms with van der Waals surface area (Å²) in [6.45, 7) is 0.432. The van der Waals surface area contributed by atoms with Crippen LogP contribution in [0.3, 0.4) is 0 Å². The van der Waals surface area contributed by atoms with Crippen molar-refractivity contribution in [2.24, 2.45) is 0 Å². The molecular formula is C23H24N2O2. The number of carbonyl (C=O) groups is 1. The zero-order valence-electron chi connectivity index (χ0n) is 15.4. The van der Waals surface area contributed by atoms with E-state index in [2.05, 4.69) is 5.32 Å². The van der Waals surface area contributed by atoms with Crippen LogP contribution in [0.4, 0.5) is 0 Å². The average molecular weight is 360 g/mol. The number of nitrogens with one attached hydrogen (secondary N) is 1. The number of ether oxygens (including phenoxy) is 1. The molecule has 0 bridgehead atoms. The first kappa shape index (κ1) is 18.7. The van der Waals surface area contributed by atoms with Gasteiger partial charge < -0.3 is 10.1 Å². The third-order valence-corrected chi connectivity index (χ3v) is 4.76. The van der Waals surface area contributed by atoms with Gasteiger partial charge in [-0.15, -0.1) is 0 Å². The van der Waals surface area contributed by atoms with Gasteiger partial charge in [0.2, 0.25) is 0 Å². The summed E-state index contributed by atoms with van der Waals surface area (Å²) in [7, 11) is 0. The van der Waals surface area contributed by atoms with Crippen molar-refractivity contribution in [3.63, 3.8) is 0 Å². The van der Waals surface area contributed by atoms with E-state index >= 15 is 0 Å². The van der Waals surface area contributed by atoms with Gasteiger partial charge >= 0.3 is 0 Å². The third kappa shape index (κ3) is 5.46. The smallest absolute Gasteiger partial charge is 0.262 e. The minimum Gasteiger partial charge on any atom is -0.488 e. The molecule has 1 aliphatic carbocycles. The molecule has 0 aliphatic heterocycles. The minimum atomic E-state index is -0.303. The van der Waals surface area contributed by atoms with Crippen LogP contribution in [-0.4, -0.2) is 11.9 Å². The van der Waals surface area contributed by atoms with E-state index < -0.39 is 0 Å². The largest absolute Gasteiger partial charge is 0.488 e. The predicted octanol–water partition coefficient (Wildman–Crippen LogP) is 4.62. The van der Waals surface area contributed by atoms with E-state index in [0.29, 0.717) is 12.4 Å². The summed E-state index contributed by atoms with van der Waals surface area (Å²) in [5, 5.41) is 12.5. The Balaban J connectivity index is 1.71. The van der Waals surface area contributed by atoms with Crippen LogP contribution < -0.4 is 10.1 Å². The van der Waals surface area contributed by atoms with E-state index in [1.54, 1.807) is 6.08 Å². The van der Waals surface area contributed by atoms with Crippen molar-refractivity contribution < 1.29 is 9.53 Å². The van der Waals surface area contributed by atoms with Crippen LogP contribution in [0.5, 0.6) is 5.75 Å². The van der Waals surface area contributed by atoms with Crippen LogP contribution in [0.2, 0.25) is 0 Å². The summed E-state index contributed by atoms with van der Waals surface area (Å²) in [6.07, 6.45) is 7.07. The van der Waals surface area contributed by atoms with Crippen molar-refractivity contribution in [1.82, 2.24) is 5.32 Å². The van der Waals surface area contributed by atoms with Crippen molar-refractivity contribution >= 4 is 12.0 Å². The number of rotatable bonds is 6. The lowest BCUT2D eigenvalue weighted by Gasteiger charge is -2.22. The molecule has 2 aromatic carbocycles. The van der Waals surface area contributed by atoms with Gasteiger partial charge in [-0.1, -0.05) is 67.8 Å². The predicted molar refractivity (Wildman–Crippen MR) is 106 cm³/mol. The van der Waals surface area contributed by atoms with Crippen LogP contribution >= 0.6 is 0 Å². The molecule has 1 amide bonds. The molecule has 0 radical (unpaired) electrons. The zero-order valence-corrected chi connectivity index (χ0v) is 15.4. The highest BCUT2D eigenvalue weighted by Crippen LogP contribution is 2.23. The van der Waals surface area contributed by atoms with Gasteiger partial charge in [-0.05, 0) is 30.5 Å². The lowest BCUT2D eigenvalue weighted by Crippen LogP contribution is -2.36. The molecule has 1 fully saturated rings. The second kappa shape index (κ2) is 9.59. The molecule has 2 aromatic rings. The number of para-hydroxylation sites is 1. The number of nitrogens with zero attached hydrogens (tertiary/aromatic N) is 1. The Morgan fingerprint density at radius 1 is 1.07 bits per heavy atom. The van der Waals surface area contributed by atoms with E-state index in [0.717, 1.165) is 36.8 Å². The number of hydrogen-bond donors (Lipinski definition) is 1. The van der Waals surface area contributed by atoms with E-state index in [9.17, 15) is 10.1 Å². The van der Waals surface area contributed by atoms with Gasteiger partial charge in [0.1, 0.15) is 24.0 Å². The normalized spacial score (nSPS) is 15.0. The summed E-state index contributed by atoms with van der Waals surface area (Å²) < 4.78 is 5.91. The first-order chi connectivity index (χ1) is 13.3. The van der Waals surface area contributed by atoms with Gasteiger partial charge in [-0.25, -0.2) is 0 Å². The monoisotopic (exact) mass is 360 g/mol. The Morgan fingerprint density at radius 2 is 1.78 bits per heavy atom. The summed E-state index contributed by atoms with van der Waals surface area (Å²) >= 11 is 0. The Hall–Kier alpha value is -3.06. The van der Waals surface area contributed by atoms with Gasteiger partial charge in [0.15, 0.2) is 0 Å². The zero-order chi connectivity index (χ0) is 18.9. The second-order valence-corrected chi connectivity index (χ2v) is 6.79. The topological polar surface area (TPSA) is 62.1 Å². The Morgan fingerprint density at radius 3 is 2.52 bits per heavy atom.